The first kappa shape index (κ1) is 14.0. The lowest BCUT2D eigenvalue weighted by molar-refractivity contribution is 0.629. The summed E-state index contributed by atoms with van der Waals surface area (Å²) in [5, 5.41) is 3.00. The van der Waals surface area contributed by atoms with E-state index in [1.165, 1.54) is 12.1 Å². The molecular formula is C13H9BrCl2FN3. The summed E-state index contributed by atoms with van der Waals surface area (Å²) in [5.41, 5.74) is 0.578. The molecule has 1 heterocycles. The zero-order valence-electron chi connectivity index (χ0n) is 10.1. The van der Waals surface area contributed by atoms with Crippen LogP contribution in [-0.4, -0.2) is 9.97 Å². The molecule has 7 heteroatoms. The van der Waals surface area contributed by atoms with Gasteiger partial charge in [-0.1, -0.05) is 23.2 Å². The normalized spacial score (nSPS) is 14.4. The third-order valence-electron chi connectivity index (χ3n) is 2.91. The van der Waals surface area contributed by atoms with Crippen LogP contribution in [0.1, 0.15) is 24.6 Å². The van der Waals surface area contributed by atoms with Gasteiger partial charge in [-0.3, -0.25) is 0 Å². The van der Waals surface area contributed by atoms with Crippen molar-refractivity contribution in [2.45, 2.75) is 18.8 Å². The van der Waals surface area contributed by atoms with E-state index in [0.29, 0.717) is 22.0 Å². The van der Waals surface area contributed by atoms with Crippen molar-refractivity contribution < 1.29 is 4.39 Å². The molecule has 0 unspecified atom stereocenters. The molecule has 0 bridgehead atoms. The Hall–Kier alpha value is -0.910. The van der Waals surface area contributed by atoms with Crippen LogP contribution in [0.4, 0.5) is 15.9 Å². The maximum absolute atomic E-state index is 13.4. The maximum atomic E-state index is 13.4. The van der Waals surface area contributed by atoms with Gasteiger partial charge in [0.1, 0.15) is 16.2 Å². The van der Waals surface area contributed by atoms with Gasteiger partial charge < -0.3 is 5.32 Å². The molecule has 2 aromatic rings. The number of nitrogens with one attached hydrogen (secondary N) is 1. The summed E-state index contributed by atoms with van der Waals surface area (Å²) < 4.78 is 14.1. The van der Waals surface area contributed by atoms with Crippen molar-refractivity contribution in [3.8, 4) is 0 Å². The highest BCUT2D eigenvalue weighted by molar-refractivity contribution is 9.10. The minimum absolute atomic E-state index is 0.0319. The molecule has 20 heavy (non-hydrogen) atoms. The number of hydrogen-bond donors (Lipinski definition) is 1. The number of halogens is 4. The summed E-state index contributed by atoms with van der Waals surface area (Å²) in [5.74, 6) is 1.24. The van der Waals surface area contributed by atoms with Gasteiger partial charge in [-0.05, 0) is 40.9 Å². The Bertz CT molecular complexity index is 654. The highest BCUT2D eigenvalue weighted by atomic mass is 79.9. The van der Waals surface area contributed by atoms with Gasteiger partial charge >= 0.3 is 0 Å². The highest BCUT2D eigenvalue weighted by Crippen LogP contribution is 2.39. The minimum atomic E-state index is -0.624. The van der Waals surface area contributed by atoms with Crippen LogP contribution < -0.4 is 5.32 Å². The Morgan fingerprint density at radius 1 is 1.15 bits per heavy atom. The van der Waals surface area contributed by atoms with Crippen molar-refractivity contribution in [1.29, 1.82) is 0 Å². The molecule has 0 radical (unpaired) electrons. The predicted octanol–water partition coefficient (Wildman–Crippen LogP) is 5.31. The van der Waals surface area contributed by atoms with E-state index in [9.17, 15) is 4.39 Å². The van der Waals surface area contributed by atoms with E-state index in [4.69, 9.17) is 23.2 Å². The minimum Gasteiger partial charge on any atom is -0.340 e. The molecule has 3 rings (SSSR count). The number of nitrogens with zero attached hydrogens (tertiary/aromatic N) is 2. The lowest BCUT2D eigenvalue weighted by Crippen LogP contribution is -2.00. The fourth-order valence-electron chi connectivity index (χ4n) is 1.80. The van der Waals surface area contributed by atoms with Gasteiger partial charge in [0, 0.05) is 17.7 Å². The average molecular weight is 377 g/mol. The lowest BCUT2D eigenvalue weighted by atomic mass is 10.3. The third kappa shape index (κ3) is 3.05. The second kappa shape index (κ2) is 5.47. The van der Waals surface area contributed by atoms with Gasteiger partial charge in [0.15, 0.2) is 5.82 Å². The SMILES string of the molecule is Fc1c(Cl)cc(Nc2cc(Br)nc(C3CC3)n2)cc1Cl. The van der Waals surface area contributed by atoms with E-state index in [0.717, 1.165) is 18.7 Å². The Morgan fingerprint density at radius 3 is 2.40 bits per heavy atom. The van der Waals surface area contributed by atoms with Crippen LogP contribution in [0.3, 0.4) is 0 Å². The van der Waals surface area contributed by atoms with Crippen LogP contribution in [0.15, 0.2) is 22.8 Å². The Labute approximate surface area is 133 Å². The summed E-state index contributed by atoms with van der Waals surface area (Å²) >= 11 is 14.9. The van der Waals surface area contributed by atoms with E-state index >= 15 is 0 Å². The fourth-order valence-corrected chi connectivity index (χ4v) is 2.68. The fraction of sp³-hybridized carbons (Fsp3) is 0.231. The summed E-state index contributed by atoms with van der Waals surface area (Å²) in [7, 11) is 0. The van der Waals surface area contributed by atoms with Crippen LogP contribution in [0.5, 0.6) is 0 Å². The zero-order chi connectivity index (χ0) is 14.3. The molecule has 1 aliphatic carbocycles. The number of anilines is 2. The Balaban J connectivity index is 1.91. The van der Waals surface area contributed by atoms with Crippen molar-refractivity contribution in [3.63, 3.8) is 0 Å². The molecule has 1 N–H and O–H groups in total. The summed E-state index contributed by atoms with van der Waals surface area (Å²) in [6.07, 6.45) is 2.23. The molecule has 1 saturated carbocycles. The maximum Gasteiger partial charge on any atom is 0.160 e. The molecule has 0 saturated heterocycles. The van der Waals surface area contributed by atoms with Gasteiger partial charge in [-0.2, -0.15) is 0 Å². The number of rotatable bonds is 3. The average Bonchev–Trinajstić information content (AvgIpc) is 3.19. The van der Waals surface area contributed by atoms with E-state index in [2.05, 4.69) is 31.2 Å². The van der Waals surface area contributed by atoms with E-state index < -0.39 is 5.82 Å². The van der Waals surface area contributed by atoms with Gasteiger partial charge in [0.2, 0.25) is 0 Å². The van der Waals surface area contributed by atoms with Crippen LogP contribution >= 0.6 is 39.1 Å². The highest BCUT2D eigenvalue weighted by Gasteiger charge is 2.27. The number of aromatic nitrogens is 2. The van der Waals surface area contributed by atoms with E-state index in [-0.39, 0.29) is 10.0 Å². The van der Waals surface area contributed by atoms with Gasteiger partial charge in [-0.15, -0.1) is 0 Å². The second-order valence-electron chi connectivity index (χ2n) is 4.59. The van der Waals surface area contributed by atoms with Crippen molar-refractivity contribution in [2.75, 3.05) is 5.32 Å². The number of benzene rings is 1. The van der Waals surface area contributed by atoms with Crippen LogP contribution in [0.25, 0.3) is 0 Å². The van der Waals surface area contributed by atoms with E-state index in [1.807, 2.05) is 0 Å². The molecule has 104 valence electrons. The summed E-state index contributed by atoms with van der Waals surface area (Å²) in [6, 6.07) is 4.68. The molecule has 3 nitrogen and oxygen atoms in total. The van der Waals surface area contributed by atoms with Crippen molar-refractivity contribution >= 4 is 50.6 Å². The third-order valence-corrected chi connectivity index (χ3v) is 3.87. The van der Waals surface area contributed by atoms with Crippen molar-refractivity contribution in [1.82, 2.24) is 9.97 Å². The quantitative estimate of drug-likeness (QED) is 0.582. The van der Waals surface area contributed by atoms with Gasteiger partial charge in [0.25, 0.3) is 0 Å². The molecule has 1 aliphatic rings. The van der Waals surface area contributed by atoms with Gasteiger partial charge in [-0.25, -0.2) is 14.4 Å². The molecular weight excluding hydrogens is 368 g/mol. The Kier molecular flexibility index (Phi) is 3.84. The van der Waals surface area contributed by atoms with Crippen LogP contribution in [0, 0.1) is 5.82 Å². The molecule has 0 aliphatic heterocycles. The summed E-state index contributed by atoms with van der Waals surface area (Å²) in [4.78, 5) is 8.78. The molecule has 1 fully saturated rings. The summed E-state index contributed by atoms with van der Waals surface area (Å²) in [6.45, 7) is 0. The van der Waals surface area contributed by atoms with Crippen LogP contribution in [-0.2, 0) is 0 Å². The molecule has 1 aromatic carbocycles. The molecule has 0 spiro atoms. The molecule has 0 amide bonds. The molecule has 0 atom stereocenters. The number of hydrogen-bond acceptors (Lipinski definition) is 3. The first-order valence-electron chi connectivity index (χ1n) is 5.99. The van der Waals surface area contributed by atoms with Gasteiger partial charge in [0.05, 0.1) is 10.0 Å². The topological polar surface area (TPSA) is 37.8 Å². The second-order valence-corrected chi connectivity index (χ2v) is 6.21. The monoisotopic (exact) mass is 375 g/mol. The predicted molar refractivity (Wildman–Crippen MR) is 81.4 cm³/mol. The molecule has 1 aromatic heterocycles. The van der Waals surface area contributed by atoms with Crippen molar-refractivity contribution in [3.05, 3.63) is 44.5 Å². The smallest absolute Gasteiger partial charge is 0.160 e. The standard InChI is InChI=1S/C13H9BrCl2FN3/c14-10-5-11(20-13(19-10)6-1-2-6)18-7-3-8(15)12(17)9(16)4-7/h3-6H,1-2H2,(H,18,19,20). The Morgan fingerprint density at radius 2 is 1.80 bits per heavy atom. The first-order chi connectivity index (χ1) is 9.52. The van der Waals surface area contributed by atoms with Crippen LogP contribution in [0.2, 0.25) is 10.0 Å². The lowest BCUT2D eigenvalue weighted by Gasteiger charge is -2.09. The largest absolute Gasteiger partial charge is 0.340 e. The van der Waals surface area contributed by atoms with Crippen molar-refractivity contribution in [2.24, 2.45) is 0 Å². The first-order valence-corrected chi connectivity index (χ1v) is 7.54. The van der Waals surface area contributed by atoms with E-state index in [1.54, 1.807) is 6.07 Å². The zero-order valence-corrected chi connectivity index (χ0v) is 13.2.